The van der Waals surface area contributed by atoms with Gasteiger partial charge in [0.25, 0.3) is 5.56 Å². The highest BCUT2D eigenvalue weighted by atomic mass is 32.1. The first-order valence-corrected chi connectivity index (χ1v) is 11.4. The Balaban J connectivity index is 1.27. The van der Waals surface area contributed by atoms with Crippen LogP contribution < -0.4 is 16.6 Å². The van der Waals surface area contributed by atoms with Crippen molar-refractivity contribution in [1.82, 2.24) is 38.6 Å². The summed E-state index contributed by atoms with van der Waals surface area (Å²) in [5, 5.41) is 11.4. The van der Waals surface area contributed by atoms with Crippen molar-refractivity contribution in [3.05, 3.63) is 55.8 Å². The number of thiophene rings is 1. The molecule has 0 aromatic carbocycles. The predicted octanol–water partition coefficient (Wildman–Crippen LogP) is 0.625. The molecule has 164 valence electrons. The van der Waals surface area contributed by atoms with Crippen LogP contribution in [0.3, 0.4) is 0 Å². The van der Waals surface area contributed by atoms with Crippen LogP contribution in [-0.2, 0) is 31.9 Å². The highest BCUT2D eigenvalue weighted by Crippen LogP contribution is 2.24. The molecule has 0 aliphatic heterocycles. The standard InChI is InChI=1S/C19H18N8O3S2/c1-24-16-14(17(29)25(2)19(24)30)26(10-21-16)8-13(28)20-6-5-11-9-32-18-22-15(23-27(11)18)12-4-3-7-31-12/h3-4,7,9-10H,5-6,8H2,1-2H3,(H,20,28). The average Bonchev–Trinajstić information content (AvgIpc) is 3.55. The topological polar surface area (TPSA) is 121 Å². The summed E-state index contributed by atoms with van der Waals surface area (Å²) in [5.41, 5.74) is 0.473. The molecule has 0 aliphatic rings. The maximum absolute atomic E-state index is 12.5. The molecule has 5 heterocycles. The van der Waals surface area contributed by atoms with E-state index < -0.39 is 11.2 Å². The van der Waals surface area contributed by atoms with Gasteiger partial charge in [0.15, 0.2) is 17.0 Å². The number of carbonyl (C=O) groups excluding carboxylic acids is 1. The van der Waals surface area contributed by atoms with Crippen LogP contribution in [0, 0.1) is 0 Å². The lowest BCUT2D eigenvalue weighted by atomic mass is 10.3. The predicted molar refractivity (Wildman–Crippen MR) is 121 cm³/mol. The maximum Gasteiger partial charge on any atom is 0.332 e. The maximum atomic E-state index is 12.5. The van der Waals surface area contributed by atoms with E-state index in [4.69, 9.17) is 0 Å². The van der Waals surface area contributed by atoms with Gasteiger partial charge in [0.1, 0.15) is 6.54 Å². The Morgan fingerprint density at radius 1 is 1.19 bits per heavy atom. The number of aryl methyl sites for hydroxylation is 1. The average molecular weight is 471 g/mol. The normalized spacial score (nSPS) is 11.6. The van der Waals surface area contributed by atoms with Gasteiger partial charge in [-0.25, -0.2) is 14.3 Å². The number of aromatic nitrogens is 7. The van der Waals surface area contributed by atoms with Crippen molar-refractivity contribution in [2.75, 3.05) is 6.54 Å². The van der Waals surface area contributed by atoms with Crippen LogP contribution in [-0.4, -0.2) is 45.7 Å². The number of nitrogens with one attached hydrogen (secondary N) is 1. The van der Waals surface area contributed by atoms with Crippen LogP contribution in [0.15, 0.2) is 38.8 Å². The van der Waals surface area contributed by atoms with Crippen molar-refractivity contribution >= 4 is 44.7 Å². The van der Waals surface area contributed by atoms with Gasteiger partial charge in [-0.3, -0.25) is 18.7 Å². The highest BCUT2D eigenvalue weighted by molar-refractivity contribution is 7.15. The first-order chi connectivity index (χ1) is 15.4. The third-order valence-corrected chi connectivity index (χ3v) is 6.86. The summed E-state index contributed by atoms with van der Waals surface area (Å²) in [6.45, 7) is 0.330. The van der Waals surface area contributed by atoms with Crippen LogP contribution in [0.1, 0.15) is 5.69 Å². The highest BCUT2D eigenvalue weighted by Gasteiger charge is 2.16. The number of amides is 1. The number of carbonyl (C=O) groups is 1. The molecular weight excluding hydrogens is 452 g/mol. The Hall–Kier alpha value is -3.58. The van der Waals surface area contributed by atoms with E-state index in [9.17, 15) is 14.4 Å². The van der Waals surface area contributed by atoms with E-state index in [2.05, 4.69) is 20.4 Å². The molecule has 32 heavy (non-hydrogen) atoms. The van der Waals surface area contributed by atoms with E-state index in [1.54, 1.807) is 15.9 Å². The number of hydrogen-bond acceptors (Lipinski definition) is 8. The van der Waals surface area contributed by atoms with Crippen molar-refractivity contribution in [2.24, 2.45) is 14.1 Å². The van der Waals surface area contributed by atoms with Gasteiger partial charge in [-0.15, -0.1) is 27.8 Å². The fourth-order valence-corrected chi connectivity index (χ4v) is 4.97. The lowest BCUT2D eigenvalue weighted by molar-refractivity contribution is -0.121. The number of rotatable bonds is 6. The molecule has 0 atom stereocenters. The third kappa shape index (κ3) is 3.35. The first kappa shape index (κ1) is 20.3. The van der Waals surface area contributed by atoms with Crippen molar-refractivity contribution in [2.45, 2.75) is 13.0 Å². The van der Waals surface area contributed by atoms with Gasteiger partial charge in [0, 0.05) is 32.4 Å². The molecule has 13 heteroatoms. The van der Waals surface area contributed by atoms with E-state index in [1.807, 2.05) is 22.9 Å². The minimum absolute atomic E-state index is 0.0746. The Labute approximate surface area is 188 Å². The van der Waals surface area contributed by atoms with Gasteiger partial charge in [0.05, 0.1) is 16.9 Å². The number of thiazole rings is 1. The second-order valence-electron chi connectivity index (χ2n) is 7.18. The number of fused-ring (bicyclic) bond motifs is 2. The van der Waals surface area contributed by atoms with E-state index in [-0.39, 0.29) is 23.6 Å². The van der Waals surface area contributed by atoms with Crippen LogP contribution in [0.4, 0.5) is 0 Å². The Bertz CT molecular complexity index is 1570. The Morgan fingerprint density at radius 3 is 2.81 bits per heavy atom. The van der Waals surface area contributed by atoms with Gasteiger partial charge in [-0.05, 0) is 11.4 Å². The second-order valence-corrected chi connectivity index (χ2v) is 8.97. The summed E-state index contributed by atoms with van der Waals surface area (Å²) < 4.78 is 5.55. The third-order valence-electron chi connectivity index (χ3n) is 5.13. The Kier molecular flexibility index (Phi) is 4.98. The van der Waals surface area contributed by atoms with Crippen LogP contribution in [0.25, 0.3) is 26.8 Å². The van der Waals surface area contributed by atoms with E-state index in [0.29, 0.717) is 18.8 Å². The summed E-state index contributed by atoms with van der Waals surface area (Å²) in [7, 11) is 2.94. The van der Waals surface area contributed by atoms with Crippen molar-refractivity contribution in [3.63, 3.8) is 0 Å². The molecule has 5 rings (SSSR count). The molecule has 0 saturated heterocycles. The largest absolute Gasteiger partial charge is 0.354 e. The summed E-state index contributed by atoms with van der Waals surface area (Å²) in [4.78, 5) is 47.5. The van der Waals surface area contributed by atoms with Gasteiger partial charge >= 0.3 is 5.69 Å². The smallest absolute Gasteiger partial charge is 0.332 e. The molecule has 1 N–H and O–H groups in total. The van der Waals surface area contributed by atoms with Gasteiger partial charge in [-0.2, -0.15) is 4.98 Å². The summed E-state index contributed by atoms with van der Waals surface area (Å²) in [6, 6.07) is 3.94. The van der Waals surface area contributed by atoms with Gasteiger partial charge in [0.2, 0.25) is 10.9 Å². The fraction of sp³-hybridized carbons (Fsp3) is 0.263. The number of imidazole rings is 1. The molecule has 0 spiro atoms. The van der Waals surface area contributed by atoms with Crippen molar-refractivity contribution in [3.8, 4) is 10.7 Å². The molecular formula is C19H18N8O3S2. The molecule has 0 aliphatic carbocycles. The van der Waals surface area contributed by atoms with E-state index >= 15 is 0 Å². The van der Waals surface area contributed by atoms with Crippen molar-refractivity contribution in [1.29, 1.82) is 0 Å². The molecule has 0 radical (unpaired) electrons. The number of nitrogens with zero attached hydrogens (tertiary/aromatic N) is 7. The summed E-state index contributed by atoms with van der Waals surface area (Å²) in [5.74, 6) is 0.435. The van der Waals surface area contributed by atoms with Crippen molar-refractivity contribution < 1.29 is 4.79 Å². The molecule has 0 unspecified atom stereocenters. The lowest BCUT2D eigenvalue weighted by Gasteiger charge is -2.07. The van der Waals surface area contributed by atoms with Crippen LogP contribution in [0.5, 0.6) is 0 Å². The monoisotopic (exact) mass is 470 g/mol. The van der Waals surface area contributed by atoms with Crippen LogP contribution in [0.2, 0.25) is 0 Å². The molecule has 0 saturated carbocycles. The zero-order chi connectivity index (χ0) is 22.4. The Morgan fingerprint density at radius 2 is 2.03 bits per heavy atom. The first-order valence-electron chi connectivity index (χ1n) is 9.68. The zero-order valence-electron chi connectivity index (χ0n) is 17.2. The van der Waals surface area contributed by atoms with E-state index in [1.165, 1.54) is 40.9 Å². The van der Waals surface area contributed by atoms with E-state index in [0.717, 1.165) is 20.1 Å². The van der Waals surface area contributed by atoms with Gasteiger partial charge in [-0.1, -0.05) is 6.07 Å². The molecule has 0 bridgehead atoms. The molecule has 11 nitrogen and oxygen atoms in total. The number of hydrogen-bond donors (Lipinski definition) is 1. The van der Waals surface area contributed by atoms with Gasteiger partial charge < -0.3 is 9.88 Å². The molecule has 1 amide bonds. The fourth-order valence-electron chi connectivity index (χ4n) is 3.46. The zero-order valence-corrected chi connectivity index (χ0v) is 18.8. The molecule has 0 fully saturated rings. The minimum Gasteiger partial charge on any atom is -0.354 e. The summed E-state index contributed by atoms with van der Waals surface area (Å²) in [6.07, 6.45) is 1.98. The lowest BCUT2D eigenvalue weighted by Crippen LogP contribution is -2.38. The molecule has 5 aromatic heterocycles. The minimum atomic E-state index is -0.484. The van der Waals surface area contributed by atoms with Crippen LogP contribution >= 0.6 is 22.7 Å². The second kappa shape index (κ2) is 7.84. The summed E-state index contributed by atoms with van der Waals surface area (Å²) >= 11 is 3.09. The SMILES string of the molecule is Cn1c(=O)c2c(ncn2CC(=O)NCCc2csc3nc(-c4cccs4)nn23)n(C)c1=O. The quantitative estimate of drug-likeness (QED) is 0.388. The molecule has 5 aromatic rings.